The summed E-state index contributed by atoms with van der Waals surface area (Å²) in [6.07, 6.45) is 3.99. The summed E-state index contributed by atoms with van der Waals surface area (Å²) in [6.45, 7) is 3.86. The van der Waals surface area contributed by atoms with E-state index in [-0.39, 0.29) is 5.92 Å². The molecule has 2 heteroatoms. The van der Waals surface area contributed by atoms with Gasteiger partial charge in [0.25, 0.3) is 0 Å². The molecule has 1 aliphatic carbocycles. The molecule has 0 aromatic carbocycles. The minimum atomic E-state index is 0.0919. The van der Waals surface area contributed by atoms with Crippen molar-refractivity contribution in [1.82, 2.24) is 0 Å². The number of carbonyl (C=O) groups excluding carboxylic acids is 2. The summed E-state index contributed by atoms with van der Waals surface area (Å²) in [6, 6.07) is 0. The first-order valence-electron chi connectivity index (χ1n) is 5.19. The van der Waals surface area contributed by atoms with Gasteiger partial charge in [0.1, 0.15) is 11.6 Å². The normalized spacial score (nSPS) is 25.7. The molecule has 13 heavy (non-hydrogen) atoms. The van der Waals surface area contributed by atoms with Crippen molar-refractivity contribution in [2.24, 2.45) is 11.8 Å². The lowest BCUT2D eigenvalue weighted by molar-refractivity contribution is -0.126. The molecule has 2 unspecified atom stereocenters. The molecular weight excluding hydrogens is 164 g/mol. The van der Waals surface area contributed by atoms with E-state index in [9.17, 15) is 9.59 Å². The van der Waals surface area contributed by atoms with Crippen LogP contribution in [0, 0.1) is 11.8 Å². The Morgan fingerprint density at radius 3 is 2.85 bits per heavy atom. The van der Waals surface area contributed by atoms with E-state index in [1.165, 1.54) is 0 Å². The van der Waals surface area contributed by atoms with Crippen molar-refractivity contribution in [3.05, 3.63) is 0 Å². The second-order valence-corrected chi connectivity index (χ2v) is 4.00. The van der Waals surface area contributed by atoms with Crippen molar-refractivity contribution in [3.63, 3.8) is 0 Å². The largest absolute Gasteiger partial charge is 0.300 e. The zero-order valence-corrected chi connectivity index (χ0v) is 8.51. The zero-order valence-electron chi connectivity index (χ0n) is 8.51. The fraction of sp³-hybridized carbons (Fsp3) is 0.818. The molecule has 0 radical (unpaired) electrons. The summed E-state index contributed by atoms with van der Waals surface area (Å²) >= 11 is 0. The van der Waals surface area contributed by atoms with E-state index in [0.717, 1.165) is 19.3 Å². The molecule has 0 saturated heterocycles. The maximum absolute atomic E-state index is 11.4. The molecule has 1 fully saturated rings. The Balaban J connectivity index is 2.50. The maximum Gasteiger partial charge on any atom is 0.135 e. The number of rotatable bonds is 3. The van der Waals surface area contributed by atoms with Gasteiger partial charge >= 0.3 is 0 Å². The van der Waals surface area contributed by atoms with E-state index in [1.54, 1.807) is 0 Å². The Hall–Kier alpha value is -0.660. The van der Waals surface area contributed by atoms with Gasteiger partial charge in [-0.15, -0.1) is 0 Å². The molecule has 0 aromatic heterocycles. The molecular formula is C11H18O2. The molecule has 0 heterocycles. The highest BCUT2D eigenvalue weighted by molar-refractivity contribution is 5.83. The SMILES string of the molecule is CCC(=O)C(C)C1CCCC(=O)C1. The van der Waals surface area contributed by atoms with Crippen LogP contribution in [-0.4, -0.2) is 11.6 Å². The van der Waals surface area contributed by atoms with Crippen LogP contribution in [0.1, 0.15) is 46.0 Å². The van der Waals surface area contributed by atoms with Gasteiger partial charge in [-0.2, -0.15) is 0 Å². The Kier molecular flexibility index (Phi) is 3.64. The van der Waals surface area contributed by atoms with Crippen molar-refractivity contribution >= 4 is 11.6 Å². The second-order valence-electron chi connectivity index (χ2n) is 4.00. The van der Waals surface area contributed by atoms with E-state index in [4.69, 9.17) is 0 Å². The average Bonchev–Trinajstić information content (AvgIpc) is 2.15. The topological polar surface area (TPSA) is 34.1 Å². The number of Topliss-reactive ketones (excluding diaryl/α,β-unsaturated/α-hetero) is 2. The van der Waals surface area contributed by atoms with E-state index < -0.39 is 0 Å². The van der Waals surface area contributed by atoms with Gasteiger partial charge in [0, 0.05) is 25.2 Å². The van der Waals surface area contributed by atoms with Gasteiger partial charge in [-0.25, -0.2) is 0 Å². The summed E-state index contributed by atoms with van der Waals surface area (Å²) in [5, 5.41) is 0. The lowest BCUT2D eigenvalue weighted by atomic mass is 9.78. The summed E-state index contributed by atoms with van der Waals surface area (Å²) < 4.78 is 0. The van der Waals surface area contributed by atoms with Gasteiger partial charge in [0.2, 0.25) is 0 Å². The fourth-order valence-electron chi connectivity index (χ4n) is 2.07. The number of carbonyl (C=O) groups is 2. The van der Waals surface area contributed by atoms with Crippen LogP contribution in [-0.2, 0) is 9.59 Å². The van der Waals surface area contributed by atoms with Crippen molar-refractivity contribution in [2.75, 3.05) is 0 Å². The Morgan fingerprint density at radius 2 is 2.31 bits per heavy atom. The fourth-order valence-corrected chi connectivity index (χ4v) is 2.07. The first kappa shape index (κ1) is 10.4. The molecule has 1 rings (SSSR count). The Labute approximate surface area is 79.7 Å². The van der Waals surface area contributed by atoms with Gasteiger partial charge in [0.15, 0.2) is 0 Å². The third-order valence-corrected chi connectivity index (χ3v) is 3.08. The second kappa shape index (κ2) is 4.54. The van der Waals surface area contributed by atoms with Gasteiger partial charge in [0.05, 0.1) is 0 Å². The molecule has 1 saturated carbocycles. The highest BCUT2D eigenvalue weighted by Crippen LogP contribution is 2.28. The van der Waals surface area contributed by atoms with Crippen molar-refractivity contribution in [2.45, 2.75) is 46.0 Å². The average molecular weight is 182 g/mol. The molecule has 1 aliphatic rings. The summed E-state index contributed by atoms with van der Waals surface area (Å²) in [5.41, 5.74) is 0. The quantitative estimate of drug-likeness (QED) is 0.671. The molecule has 74 valence electrons. The molecule has 0 amide bonds. The standard InChI is InChI=1S/C11H18O2/c1-3-11(13)8(2)9-5-4-6-10(12)7-9/h8-9H,3-7H2,1-2H3. The predicted octanol–water partition coefficient (Wildman–Crippen LogP) is 2.36. The lowest BCUT2D eigenvalue weighted by Gasteiger charge is -2.25. The van der Waals surface area contributed by atoms with Crippen molar-refractivity contribution in [3.8, 4) is 0 Å². The number of hydrogen-bond acceptors (Lipinski definition) is 2. The van der Waals surface area contributed by atoms with Gasteiger partial charge in [-0.1, -0.05) is 13.8 Å². The van der Waals surface area contributed by atoms with E-state index in [0.29, 0.717) is 30.3 Å². The summed E-state index contributed by atoms with van der Waals surface area (Å²) in [7, 11) is 0. The van der Waals surface area contributed by atoms with Crippen LogP contribution in [0.25, 0.3) is 0 Å². The first-order chi connectivity index (χ1) is 6.15. The van der Waals surface area contributed by atoms with E-state index in [1.807, 2.05) is 13.8 Å². The van der Waals surface area contributed by atoms with Crippen LogP contribution in [0.15, 0.2) is 0 Å². The minimum Gasteiger partial charge on any atom is -0.300 e. The minimum absolute atomic E-state index is 0.0919. The summed E-state index contributed by atoms with van der Waals surface area (Å²) in [5.74, 6) is 1.06. The third kappa shape index (κ3) is 2.64. The first-order valence-corrected chi connectivity index (χ1v) is 5.19. The van der Waals surface area contributed by atoms with E-state index >= 15 is 0 Å². The summed E-state index contributed by atoms with van der Waals surface area (Å²) in [4.78, 5) is 22.6. The monoisotopic (exact) mass is 182 g/mol. The maximum atomic E-state index is 11.4. The van der Waals surface area contributed by atoms with Crippen molar-refractivity contribution in [1.29, 1.82) is 0 Å². The third-order valence-electron chi connectivity index (χ3n) is 3.08. The van der Waals surface area contributed by atoms with Crippen LogP contribution >= 0.6 is 0 Å². The molecule has 0 aromatic rings. The lowest BCUT2D eigenvalue weighted by Crippen LogP contribution is -2.26. The van der Waals surface area contributed by atoms with Crippen LogP contribution in [0.5, 0.6) is 0 Å². The van der Waals surface area contributed by atoms with Crippen LogP contribution in [0.2, 0.25) is 0 Å². The smallest absolute Gasteiger partial charge is 0.135 e. The Bertz CT molecular complexity index is 208. The highest BCUT2D eigenvalue weighted by atomic mass is 16.1. The number of hydrogen-bond donors (Lipinski definition) is 0. The molecule has 0 bridgehead atoms. The van der Waals surface area contributed by atoms with E-state index in [2.05, 4.69) is 0 Å². The van der Waals surface area contributed by atoms with Gasteiger partial charge in [-0.3, -0.25) is 9.59 Å². The Morgan fingerprint density at radius 1 is 1.62 bits per heavy atom. The number of ketones is 2. The molecule has 0 N–H and O–H groups in total. The highest BCUT2D eigenvalue weighted by Gasteiger charge is 2.27. The molecule has 0 aliphatic heterocycles. The molecule has 2 atom stereocenters. The zero-order chi connectivity index (χ0) is 9.84. The molecule has 0 spiro atoms. The van der Waals surface area contributed by atoms with Gasteiger partial charge in [-0.05, 0) is 18.8 Å². The van der Waals surface area contributed by atoms with Crippen LogP contribution in [0.3, 0.4) is 0 Å². The van der Waals surface area contributed by atoms with Crippen molar-refractivity contribution < 1.29 is 9.59 Å². The van der Waals surface area contributed by atoms with Crippen LogP contribution in [0.4, 0.5) is 0 Å². The van der Waals surface area contributed by atoms with Crippen LogP contribution < -0.4 is 0 Å². The molecule has 2 nitrogen and oxygen atoms in total. The van der Waals surface area contributed by atoms with Gasteiger partial charge < -0.3 is 0 Å². The predicted molar refractivity (Wildman–Crippen MR) is 51.4 cm³/mol.